The van der Waals surface area contributed by atoms with Crippen LogP contribution in [0.5, 0.6) is 5.88 Å². The van der Waals surface area contributed by atoms with Gasteiger partial charge in [0, 0.05) is 50.0 Å². The number of pyridine rings is 2. The van der Waals surface area contributed by atoms with Crippen LogP contribution in [0.1, 0.15) is 16.8 Å². The lowest BCUT2D eigenvalue weighted by Crippen LogP contribution is -2.33. The minimum Gasteiger partial charge on any atom is -0.481 e. The Balaban J connectivity index is 0.000000448. The van der Waals surface area contributed by atoms with E-state index >= 15 is 0 Å². The lowest BCUT2D eigenvalue weighted by molar-refractivity contribution is -0.193. The summed E-state index contributed by atoms with van der Waals surface area (Å²) >= 11 is 0. The fourth-order valence-corrected chi connectivity index (χ4v) is 3.38. The zero-order valence-electron chi connectivity index (χ0n) is 24.3. The van der Waals surface area contributed by atoms with Crippen molar-refractivity contribution in [2.75, 3.05) is 13.7 Å². The summed E-state index contributed by atoms with van der Waals surface area (Å²) in [4.78, 5) is 37.4. The van der Waals surface area contributed by atoms with E-state index in [0.717, 1.165) is 37.3 Å². The SMILES string of the molecule is COc1ncccc1CN1Cc2ccnn2CC(OCc2ccncc2)C1.O=C(O)C(F)(F)F.O=C(O)C(F)(F)F.O=C(O)C(F)(F)F. The number of alkyl halides is 9. The molecule has 0 aromatic carbocycles. The van der Waals surface area contributed by atoms with E-state index in [2.05, 4.69) is 32.1 Å². The third-order valence-electron chi connectivity index (χ3n) is 5.43. The summed E-state index contributed by atoms with van der Waals surface area (Å²) in [5.74, 6) is -7.60. The van der Waals surface area contributed by atoms with E-state index < -0.39 is 36.4 Å². The van der Waals surface area contributed by atoms with Crippen molar-refractivity contribution < 1.29 is 78.7 Å². The number of aromatic nitrogens is 4. The van der Waals surface area contributed by atoms with Crippen LogP contribution in [0, 0.1) is 0 Å². The third kappa shape index (κ3) is 15.5. The molecule has 0 fully saturated rings. The molecule has 0 saturated heterocycles. The molecule has 0 radical (unpaired) electrons. The van der Waals surface area contributed by atoms with Gasteiger partial charge in [0.15, 0.2) is 0 Å². The minimum absolute atomic E-state index is 0.0435. The number of carbonyl (C=O) groups is 3. The maximum absolute atomic E-state index is 10.6. The van der Waals surface area contributed by atoms with Gasteiger partial charge in [-0.2, -0.15) is 44.6 Å². The summed E-state index contributed by atoms with van der Waals surface area (Å²) in [6.45, 7) is 3.68. The Kier molecular flexibility index (Phi) is 15.7. The van der Waals surface area contributed by atoms with E-state index in [4.69, 9.17) is 39.2 Å². The molecule has 0 spiro atoms. The quantitative estimate of drug-likeness (QED) is 0.312. The van der Waals surface area contributed by atoms with Gasteiger partial charge >= 0.3 is 36.4 Å². The average Bonchev–Trinajstić information content (AvgIpc) is 3.35. The number of nitrogens with zero attached hydrogens (tertiary/aromatic N) is 5. The fraction of sp³-hybridized carbons (Fsp3) is 0.385. The van der Waals surface area contributed by atoms with E-state index in [1.165, 1.54) is 5.69 Å². The smallest absolute Gasteiger partial charge is 0.481 e. The maximum Gasteiger partial charge on any atom is 0.490 e. The molecule has 4 heterocycles. The summed E-state index contributed by atoms with van der Waals surface area (Å²) in [5, 5.41) is 25.8. The van der Waals surface area contributed by atoms with Crippen LogP contribution in [-0.2, 0) is 45.4 Å². The van der Waals surface area contributed by atoms with Crippen molar-refractivity contribution in [1.82, 2.24) is 24.6 Å². The molecule has 0 saturated carbocycles. The second kappa shape index (κ2) is 18.4. The van der Waals surface area contributed by atoms with Gasteiger partial charge in [0.25, 0.3) is 0 Å². The van der Waals surface area contributed by atoms with Crippen LogP contribution in [0.4, 0.5) is 39.5 Å². The van der Waals surface area contributed by atoms with Crippen molar-refractivity contribution in [3.05, 3.63) is 71.9 Å². The number of hydrogen-bond acceptors (Lipinski definition) is 9. The summed E-state index contributed by atoms with van der Waals surface area (Å²) in [5.41, 5.74) is 3.38. The molecule has 1 aliphatic rings. The first-order valence-electron chi connectivity index (χ1n) is 12.8. The zero-order valence-corrected chi connectivity index (χ0v) is 24.3. The Bertz CT molecular complexity index is 1390. The molecular weight excluding hydrogens is 681 g/mol. The Morgan fingerprint density at radius 3 is 1.81 bits per heavy atom. The molecule has 3 aromatic heterocycles. The summed E-state index contributed by atoms with van der Waals surface area (Å²) < 4.78 is 109. The highest BCUT2D eigenvalue weighted by Gasteiger charge is 2.39. The predicted octanol–water partition coefficient (Wildman–Crippen LogP) is 4.18. The van der Waals surface area contributed by atoms with Crippen molar-refractivity contribution in [2.45, 2.75) is 50.9 Å². The number of aliphatic carboxylic acids is 3. The van der Waals surface area contributed by atoms with E-state index in [0.29, 0.717) is 12.5 Å². The lowest BCUT2D eigenvalue weighted by Gasteiger charge is -2.24. The van der Waals surface area contributed by atoms with E-state index in [9.17, 15) is 39.5 Å². The fourth-order valence-electron chi connectivity index (χ4n) is 3.38. The van der Waals surface area contributed by atoms with Crippen LogP contribution < -0.4 is 4.74 Å². The van der Waals surface area contributed by atoms with E-state index in [1.807, 2.05) is 29.1 Å². The first-order valence-corrected chi connectivity index (χ1v) is 12.8. The molecule has 48 heavy (non-hydrogen) atoms. The van der Waals surface area contributed by atoms with Crippen molar-refractivity contribution >= 4 is 17.9 Å². The molecular formula is C26H26F9N5O8. The first-order chi connectivity index (χ1) is 22.1. The maximum atomic E-state index is 10.6. The first kappa shape index (κ1) is 41.0. The van der Waals surface area contributed by atoms with Crippen molar-refractivity contribution in [1.29, 1.82) is 0 Å². The van der Waals surface area contributed by atoms with Gasteiger partial charge in [0.05, 0.1) is 32.1 Å². The van der Waals surface area contributed by atoms with Gasteiger partial charge in [-0.15, -0.1) is 0 Å². The second-order valence-corrected chi connectivity index (χ2v) is 9.04. The Labute approximate surface area is 264 Å². The molecule has 266 valence electrons. The molecule has 22 heteroatoms. The number of carboxylic acid groups (broad SMARTS) is 3. The Hall–Kier alpha value is -4.99. The van der Waals surface area contributed by atoms with Crippen LogP contribution in [0.3, 0.4) is 0 Å². The van der Waals surface area contributed by atoms with Gasteiger partial charge in [0.1, 0.15) is 0 Å². The molecule has 0 amide bonds. The van der Waals surface area contributed by atoms with Crippen LogP contribution >= 0.6 is 0 Å². The molecule has 1 unspecified atom stereocenters. The molecule has 3 aromatic rings. The molecule has 0 aliphatic carbocycles. The molecule has 1 atom stereocenters. The number of hydrogen-bond donors (Lipinski definition) is 3. The Morgan fingerprint density at radius 1 is 0.812 bits per heavy atom. The van der Waals surface area contributed by atoms with Gasteiger partial charge < -0.3 is 24.8 Å². The summed E-state index contributed by atoms with van der Waals surface area (Å²) in [6, 6.07) is 10.0. The van der Waals surface area contributed by atoms with Crippen LogP contribution in [0.15, 0.2) is 55.1 Å². The minimum atomic E-state index is -5.08. The topological polar surface area (TPSA) is 177 Å². The molecule has 1 aliphatic heterocycles. The van der Waals surface area contributed by atoms with Crippen molar-refractivity contribution in [3.63, 3.8) is 0 Å². The van der Waals surface area contributed by atoms with Crippen molar-refractivity contribution in [3.8, 4) is 5.88 Å². The standard InChI is InChI=1S/C20H23N5O2.3C2HF3O2/c1-26-20-17(3-2-7-22-20)11-24-12-18-6-10-23-25(18)14-19(13-24)27-15-16-4-8-21-9-5-16;3*3-2(4,5)1(6)7/h2-10,19H,11-15H2,1H3;3*(H,6,7). The van der Waals surface area contributed by atoms with Gasteiger partial charge in [-0.1, -0.05) is 6.07 Å². The number of rotatable bonds is 6. The number of halogens is 9. The summed E-state index contributed by atoms with van der Waals surface area (Å²) in [6.07, 6.45) is -8.03. The molecule has 0 bridgehead atoms. The highest BCUT2D eigenvalue weighted by molar-refractivity contribution is 5.73. The lowest BCUT2D eigenvalue weighted by atomic mass is 10.2. The number of ether oxygens (including phenoxy) is 2. The third-order valence-corrected chi connectivity index (χ3v) is 5.43. The van der Waals surface area contributed by atoms with E-state index in [1.54, 1.807) is 25.7 Å². The molecule has 3 N–H and O–H groups in total. The number of methoxy groups -OCH3 is 1. The second-order valence-electron chi connectivity index (χ2n) is 9.04. The highest BCUT2D eigenvalue weighted by atomic mass is 19.4. The number of fused-ring (bicyclic) bond motifs is 1. The van der Waals surface area contributed by atoms with Gasteiger partial charge in [-0.25, -0.2) is 19.4 Å². The van der Waals surface area contributed by atoms with Crippen LogP contribution in [0.25, 0.3) is 0 Å². The van der Waals surface area contributed by atoms with Crippen LogP contribution in [0.2, 0.25) is 0 Å². The largest absolute Gasteiger partial charge is 0.490 e. The average molecular weight is 708 g/mol. The van der Waals surface area contributed by atoms with Crippen LogP contribution in [-0.4, -0.2) is 96.2 Å². The van der Waals surface area contributed by atoms with Crippen molar-refractivity contribution in [2.24, 2.45) is 0 Å². The number of carboxylic acids is 3. The van der Waals surface area contributed by atoms with Gasteiger partial charge in [-0.3, -0.25) is 14.6 Å². The summed E-state index contributed by atoms with van der Waals surface area (Å²) in [7, 11) is 1.66. The Morgan fingerprint density at radius 2 is 1.33 bits per heavy atom. The normalized spacial score (nSPS) is 14.7. The van der Waals surface area contributed by atoms with Gasteiger partial charge in [-0.05, 0) is 29.8 Å². The predicted molar refractivity (Wildman–Crippen MR) is 141 cm³/mol. The zero-order chi connectivity index (χ0) is 36.7. The monoisotopic (exact) mass is 707 g/mol. The highest BCUT2D eigenvalue weighted by Crippen LogP contribution is 2.21. The van der Waals surface area contributed by atoms with Gasteiger partial charge in [0.2, 0.25) is 5.88 Å². The molecule has 4 rings (SSSR count). The van der Waals surface area contributed by atoms with E-state index in [-0.39, 0.29) is 6.10 Å². The molecule has 13 nitrogen and oxygen atoms in total.